The summed E-state index contributed by atoms with van der Waals surface area (Å²) in [5.41, 5.74) is 0. The predicted octanol–water partition coefficient (Wildman–Crippen LogP) is 3.51. The molecule has 1 heterocycles. The predicted molar refractivity (Wildman–Crippen MR) is 106 cm³/mol. The van der Waals surface area contributed by atoms with Crippen molar-refractivity contribution in [3.63, 3.8) is 0 Å². The molecule has 0 radical (unpaired) electrons. The first-order valence-electron chi connectivity index (χ1n) is 8.24. The zero-order chi connectivity index (χ0) is 19.2. The Morgan fingerprint density at radius 3 is 2.58 bits per heavy atom. The molecular formula is C16H21BrN4O3S2. The van der Waals surface area contributed by atoms with Crippen LogP contribution in [0.25, 0.3) is 0 Å². The molecule has 0 unspecified atom stereocenters. The molecule has 2 rings (SSSR count). The van der Waals surface area contributed by atoms with Gasteiger partial charge in [0.2, 0.25) is 21.1 Å². The molecule has 10 heteroatoms. The van der Waals surface area contributed by atoms with Gasteiger partial charge in [-0.1, -0.05) is 37.3 Å². The van der Waals surface area contributed by atoms with Crippen LogP contribution < -0.4 is 10.0 Å². The normalized spacial score (nSPS) is 11.7. The summed E-state index contributed by atoms with van der Waals surface area (Å²) in [5.74, 6) is 0.0290. The zero-order valence-electron chi connectivity index (χ0n) is 14.5. The molecule has 2 N–H and O–H groups in total. The molecule has 7 nitrogen and oxygen atoms in total. The molecule has 0 saturated heterocycles. The smallest absolute Gasteiger partial charge is 0.241 e. The molecule has 0 saturated carbocycles. The van der Waals surface area contributed by atoms with E-state index in [0.717, 1.165) is 17.8 Å². The zero-order valence-corrected chi connectivity index (χ0v) is 17.7. The Kier molecular flexibility index (Phi) is 7.69. The Morgan fingerprint density at radius 1 is 1.23 bits per heavy atom. The molecule has 0 aliphatic rings. The van der Waals surface area contributed by atoms with Gasteiger partial charge in [-0.3, -0.25) is 4.79 Å². The summed E-state index contributed by atoms with van der Waals surface area (Å²) in [6.07, 6.45) is 1.94. The number of rotatable bonds is 9. The van der Waals surface area contributed by atoms with Crippen LogP contribution in [0.5, 0.6) is 0 Å². The first-order chi connectivity index (χ1) is 12.4. The number of benzene rings is 1. The van der Waals surface area contributed by atoms with Crippen molar-refractivity contribution in [1.29, 1.82) is 0 Å². The van der Waals surface area contributed by atoms with Crippen molar-refractivity contribution in [3.05, 3.63) is 33.7 Å². The first-order valence-corrected chi connectivity index (χ1v) is 11.3. The number of hydrogen-bond acceptors (Lipinski definition) is 6. The highest BCUT2D eigenvalue weighted by Gasteiger charge is 2.18. The topological polar surface area (TPSA) is 101 Å². The van der Waals surface area contributed by atoms with Crippen LogP contribution in [0.4, 0.5) is 5.13 Å². The van der Waals surface area contributed by atoms with E-state index in [-0.39, 0.29) is 23.8 Å². The quantitative estimate of drug-likeness (QED) is 0.595. The Morgan fingerprint density at radius 2 is 1.92 bits per heavy atom. The van der Waals surface area contributed by atoms with E-state index < -0.39 is 10.0 Å². The SMILES string of the molecule is CCC(CC)c1nnc(NC(=O)CCNS(=O)(=O)c2ccccc2Br)s1. The van der Waals surface area contributed by atoms with E-state index in [0.29, 0.717) is 15.5 Å². The van der Waals surface area contributed by atoms with Gasteiger partial charge in [0, 0.05) is 23.4 Å². The van der Waals surface area contributed by atoms with Crippen molar-refractivity contribution in [2.24, 2.45) is 0 Å². The summed E-state index contributed by atoms with van der Waals surface area (Å²) in [7, 11) is -3.68. The van der Waals surface area contributed by atoms with E-state index in [1.807, 2.05) is 0 Å². The largest absolute Gasteiger partial charge is 0.300 e. The van der Waals surface area contributed by atoms with Gasteiger partial charge in [-0.2, -0.15) is 0 Å². The van der Waals surface area contributed by atoms with E-state index in [4.69, 9.17) is 0 Å². The van der Waals surface area contributed by atoms with Crippen LogP contribution in [0.3, 0.4) is 0 Å². The Balaban J connectivity index is 1.87. The number of sulfonamides is 1. The fourth-order valence-electron chi connectivity index (χ4n) is 2.31. The second-order valence-electron chi connectivity index (χ2n) is 5.59. The van der Waals surface area contributed by atoms with Gasteiger partial charge in [0.25, 0.3) is 0 Å². The number of nitrogens with one attached hydrogen (secondary N) is 2. The van der Waals surface area contributed by atoms with Crippen molar-refractivity contribution in [3.8, 4) is 0 Å². The van der Waals surface area contributed by atoms with Crippen LogP contribution in [0, 0.1) is 0 Å². The van der Waals surface area contributed by atoms with Crippen molar-refractivity contribution < 1.29 is 13.2 Å². The molecule has 0 spiro atoms. The second kappa shape index (κ2) is 9.54. The molecule has 142 valence electrons. The highest BCUT2D eigenvalue weighted by Crippen LogP contribution is 2.28. The Labute approximate surface area is 165 Å². The number of nitrogens with zero attached hydrogens (tertiary/aromatic N) is 2. The Hall–Kier alpha value is -1.36. The van der Waals surface area contributed by atoms with E-state index in [1.54, 1.807) is 18.2 Å². The van der Waals surface area contributed by atoms with Crippen molar-refractivity contribution in [1.82, 2.24) is 14.9 Å². The summed E-state index contributed by atoms with van der Waals surface area (Å²) in [5, 5.41) is 12.1. The van der Waals surface area contributed by atoms with Crippen LogP contribution in [-0.2, 0) is 14.8 Å². The summed E-state index contributed by atoms with van der Waals surface area (Å²) in [4.78, 5) is 12.1. The minimum absolute atomic E-state index is 0.00355. The maximum absolute atomic E-state index is 12.2. The minimum Gasteiger partial charge on any atom is -0.300 e. The third-order valence-electron chi connectivity index (χ3n) is 3.79. The molecule has 0 fully saturated rings. The summed E-state index contributed by atoms with van der Waals surface area (Å²) < 4.78 is 27.4. The van der Waals surface area contributed by atoms with E-state index in [9.17, 15) is 13.2 Å². The van der Waals surface area contributed by atoms with Gasteiger partial charge in [0.05, 0.1) is 4.90 Å². The highest BCUT2D eigenvalue weighted by atomic mass is 79.9. The second-order valence-corrected chi connectivity index (χ2v) is 9.18. The van der Waals surface area contributed by atoms with Crippen molar-refractivity contribution >= 4 is 48.3 Å². The minimum atomic E-state index is -3.68. The lowest BCUT2D eigenvalue weighted by Gasteiger charge is -2.08. The van der Waals surface area contributed by atoms with Crippen LogP contribution in [0.2, 0.25) is 0 Å². The summed E-state index contributed by atoms with van der Waals surface area (Å²) in [6.45, 7) is 4.17. The van der Waals surface area contributed by atoms with Gasteiger partial charge >= 0.3 is 0 Å². The van der Waals surface area contributed by atoms with E-state index in [2.05, 4.69) is 50.0 Å². The van der Waals surface area contributed by atoms with E-state index >= 15 is 0 Å². The van der Waals surface area contributed by atoms with Crippen LogP contribution >= 0.6 is 27.3 Å². The van der Waals surface area contributed by atoms with E-state index in [1.165, 1.54) is 17.4 Å². The fraction of sp³-hybridized carbons (Fsp3) is 0.438. The molecule has 1 aromatic carbocycles. The number of halogens is 1. The molecule has 1 amide bonds. The Bertz CT molecular complexity index is 851. The molecule has 2 aromatic rings. The van der Waals surface area contributed by atoms with Gasteiger partial charge in [0.1, 0.15) is 5.01 Å². The van der Waals surface area contributed by atoms with Gasteiger partial charge in [-0.05, 0) is 40.9 Å². The first kappa shape index (κ1) is 20.9. The standard InChI is InChI=1S/C16H21BrN4O3S2/c1-3-11(4-2)15-20-21-16(25-15)19-14(22)9-10-18-26(23,24)13-8-6-5-7-12(13)17/h5-8,11,18H,3-4,9-10H2,1-2H3,(H,19,21,22). The lowest BCUT2D eigenvalue weighted by Crippen LogP contribution is -2.28. The number of amides is 1. The summed E-state index contributed by atoms with van der Waals surface area (Å²) >= 11 is 4.57. The third-order valence-corrected chi connectivity index (χ3v) is 7.27. The monoisotopic (exact) mass is 460 g/mol. The molecular weight excluding hydrogens is 440 g/mol. The fourth-order valence-corrected chi connectivity index (χ4v) is 5.37. The molecule has 1 aromatic heterocycles. The molecule has 26 heavy (non-hydrogen) atoms. The van der Waals surface area contributed by atoms with Gasteiger partial charge in [0.15, 0.2) is 0 Å². The number of aromatic nitrogens is 2. The maximum Gasteiger partial charge on any atom is 0.241 e. The average Bonchev–Trinajstić information content (AvgIpc) is 3.04. The highest BCUT2D eigenvalue weighted by molar-refractivity contribution is 9.10. The molecule has 0 atom stereocenters. The lowest BCUT2D eigenvalue weighted by atomic mass is 10.1. The number of carbonyl (C=O) groups is 1. The van der Waals surface area contributed by atoms with Crippen molar-refractivity contribution in [2.75, 3.05) is 11.9 Å². The van der Waals surface area contributed by atoms with Gasteiger partial charge < -0.3 is 5.32 Å². The van der Waals surface area contributed by atoms with Crippen LogP contribution in [0.15, 0.2) is 33.6 Å². The maximum atomic E-state index is 12.2. The van der Waals surface area contributed by atoms with Crippen LogP contribution in [0.1, 0.15) is 44.0 Å². The van der Waals surface area contributed by atoms with Crippen molar-refractivity contribution in [2.45, 2.75) is 43.9 Å². The average molecular weight is 461 g/mol. The molecule has 0 aliphatic heterocycles. The van der Waals surface area contributed by atoms with Crippen LogP contribution in [-0.4, -0.2) is 31.1 Å². The number of hydrogen-bond donors (Lipinski definition) is 2. The molecule has 0 bridgehead atoms. The van der Waals surface area contributed by atoms with Gasteiger partial charge in [-0.25, -0.2) is 13.1 Å². The number of anilines is 1. The number of carbonyl (C=O) groups excluding carboxylic acids is 1. The third kappa shape index (κ3) is 5.57. The summed E-state index contributed by atoms with van der Waals surface area (Å²) in [6, 6.07) is 6.51. The lowest BCUT2D eigenvalue weighted by molar-refractivity contribution is -0.116. The van der Waals surface area contributed by atoms with Gasteiger partial charge in [-0.15, -0.1) is 10.2 Å². The molecule has 0 aliphatic carbocycles.